The minimum Gasteiger partial charge on any atom is -0.379 e. The molecule has 11 heteroatoms. The van der Waals surface area contributed by atoms with E-state index < -0.39 is 4.92 Å². The summed E-state index contributed by atoms with van der Waals surface area (Å²) in [5, 5.41) is 15.7. The van der Waals surface area contributed by atoms with E-state index in [0.717, 1.165) is 31.4 Å². The number of amides is 1. The molecule has 31 heavy (non-hydrogen) atoms. The summed E-state index contributed by atoms with van der Waals surface area (Å²) in [4.78, 5) is 32.0. The number of non-ortho nitro benzene ring substituents is 1. The second-order valence-corrected chi connectivity index (χ2v) is 8.07. The summed E-state index contributed by atoms with van der Waals surface area (Å²) in [5.74, 6) is -0.337. The van der Waals surface area contributed by atoms with Gasteiger partial charge in [0.25, 0.3) is 11.6 Å². The van der Waals surface area contributed by atoms with E-state index in [1.807, 2.05) is 0 Å². The van der Waals surface area contributed by atoms with Crippen LogP contribution in [0.15, 0.2) is 28.3 Å². The molecule has 0 aromatic heterocycles. The smallest absolute Gasteiger partial charge is 0.278 e. The maximum atomic E-state index is 13.2. The van der Waals surface area contributed by atoms with Gasteiger partial charge in [0, 0.05) is 36.5 Å². The van der Waals surface area contributed by atoms with Gasteiger partial charge in [0.1, 0.15) is 5.71 Å². The van der Waals surface area contributed by atoms with Crippen LogP contribution in [0.2, 0.25) is 0 Å². The maximum Gasteiger partial charge on any atom is 0.278 e. The topological polar surface area (TPSA) is 113 Å². The van der Waals surface area contributed by atoms with E-state index in [-0.39, 0.29) is 22.4 Å². The molecule has 1 amide bonds. The van der Waals surface area contributed by atoms with Gasteiger partial charge < -0.3 is 4.74 Å². The van der Waals surface area contributed by atoms with E-state index in [4.69, 9.17) is 17.0 Å². The van der Waals surface area contributed by atoms with Crippen LogP contribution in [0.25, 0.3) is 0 Å². The summed E-state index contributed by atoms with van der Waals surface area (Å²) in [6, 6.07) is 4.36. The number of rotatable bonds is 4. The standard InChI is InChI=1S/C20H24N6O4S/c27-19-18(21-20(31)23-22-14-4-2-1-3-5-14)16-12-15(26(28)29)6-7-17(16)25(19)13-24-8-10-30-11-9-24/h6-7,12H,1-5,8-11,13H2,(H,23,31)/b21-18-. The van der Waals surface area contributed by atoms with Gasteiger partial charge in [0.05, 0.1) is 30.5 Å². The number of ether oxygens (including phenoxy) is 1. The van der Waals surface area contributed by atoms with Crippen molar-refractivity contribution in [3.05, 3.63) is 33.9 Å². The highest BCUT2D eigenvalue weighted by atomic mass is 32.1. The van der Waals surface area contributed by atoms with E-state index in [1.165, 1.54) is 18.6 Å². The minimum absolute atomic E-state index is 0.0621. The predicted molar refractivity (Wildman–Crippen MR) is 121 cm³/mol. The van der Waals surface area contributed by atoms with Crippen molar-refractivity contribution in [3.63, 3.8) is 0 Å². The highest BCUT2D eigenvalue weighted by Gasteiger charge is 2.36. The Morgan fingerprint density at radius 3 is 2.68 bits per heavy atom. The number of fused-ring (bicyclic) bond motifs is 1. The number of aliphatic imine (C=N–C) groups is 1. The second-order valence-electron chi connectivity index (χ2n) is 7.68. The van der Waals surface area contributed by atoms with Gasteiger partial charge >= 0.3 is 0 Å². The van der Waals surface area contributed by atoms with Gasteiger partial charge in [-0.3, -0.25) is 30.1 Å². The molecule has 0 atom stereocenters. The zero-order valence-electron chi connectivity index (χ0n) is 17.1. The molecule has 164 valence electrons. The van der Waals surface area contributed by atoms with Crippen molar-refractivity contribution in [1.29, 1.82) is 0 Å². The van der Waals surface area contributed by atoms with Crippen LogP contribution in [0.4, 0.5) is 11.4 Å². The summed E-state index contributed by atoms with van der Waals surface area (Å²) in [5.41, 5.74) is 4.78. The van der Waals surface area contributed by atoms with Gasteiger partial charge in [-0.1, -0.05) is 6.42 Å². The zero-order chi connectivity index (χ0) is 21.8. The number of hydrogen-bond acceptors (Lipinski definition) is 7. The number of hydrazone groups is 1. The number of carbonyl (C=O) groups excluding carboxylic acids is 1. The number of thiocarbonyl (C=S) groups is 1. The van der Waals surface area contributed by atoms with Crippen molar-refractivity contribution in [3.8, 4) is 0 Å². The molecule has 0 radical (unpaired) electrons. The van der Waals surface area contributed by atoms with Crippen LogP contribution in [-0.2, 0) is 9.53 Å². The average molecular weight is 445 g/mol. The third kappa shape index (κ3) is 4.94. The number of nitro groups is 1. The van der Waals surface area contributed by atoms with Crippen LogP contribution in [0.5, 0.6) is 0 Å². The van der Waals surface area contributed by atoms with Crippen LogP contribution < -0.4 is 10.3 Å². The van der Waals surface area contributed by atoms with Gasteiger partial charge in [-0.25, -0.2) is 4.99 Å². The highest BCUT2D eigenvalue weighted by Crippen LogP contribution is 2.33. The zero-order valence-corrected chi connectivity index (χ0v) is 17.9. The van der Waals surface area contributed by atoms with Crippen molar-refractivity contribution < 1.29 is 14.5 Å². The Balaban J connectivity index is 1.59. The molecule has 10 nitrogen and oxygen atoms in total. The van der Waals surface area contributed by atoms with Crippen LogP contribution in [0.1, 0.15) is 37.7 Å². The third-order valence-electron chi connectivity index (χ3n) is 5.58. The molecule has 3 aliphatic rings. The number of nitrogens with one attached hydrogen (secondary N) is 1. The van der Waals surface area contributed by atoms with Gasteiger partial charge in [-0.2, -0.15) is 5.10 Å². The first-order valence-corrected chi connectivity index (χ1v) is 10.8. The Morgan fingerprint density at radius 2 is 1.97 bits per heavy atom. The predicted octanol–water partition coefficient (Wildman–Crippen LogP) is 2.21. The largest absolute Gasteiger partial charge is 0.379 e. The average Bonchev–Trinajstić information content (AvgIpc) is 3.04. The fourth-order valence-corrected chi connectivity index (χ4v) is 4.07. The minimum atomic E-state index is -0.487. The molecule has 2 heterocycles. The Bertz CT molecular complexity index is 949. The fourth-order valence-electron chi connectivity index (χ4n) is 3.93. The van der Waals surface area contributed by atoms with Gasteiger partial charge in [0.15, 0.2) is 0 Å². The summed E-state index contributed by atoms with van der Waals surface area (Å²) in [6.07, 6.45) is 5.26. The molecule has 1 aromatic rings. The summed E-state index contributed by atoms with van der Waals surface area (Å²) in [6.45, 7) is 2.97. The number of carbonyl (C=O) groups is 1. The number of anilines is 1. The van der Waals surface area contributed by atoms with Crippen LogP contribution in [-0.4, -0.2) is 65.2 Å². The van der Waals surface area contributed by atoms with Crippen molar-refractivity contribution in [1.82, 2.24) is 10.3 Å². The first-order chi connectivity index (χ1) is 15.0. The monoisotopic (exact) mass is 444 g/mol. The number of morpholine rings is 1. The number of nitro benzene ring substituents is 1. The van der Waals surface area contributed by atoms with Crippen LogP contribution in [0, 0.1) is 10.1 Å². The summed E-state index contributed by atoms with van der Waals surface area (Å²) in [7, 11) is 0. The summed E-state index contributed by atoms with van der Waals surface area (Å²) < 4.78 is 5.37. The molecule has 0 bridgehead atoms. The SMILES string of the molecule is O=C1/C(=N\C(=S)NN=C2CCCCC2)c2cc([N+](=O)[O-])ccc2N1CN1CCOCC1. The Hall–Kier alpha value is -2.76. The molecular formula is C20H24N6O4S. The Morgan fingerprint density at radius 1 is 1.23 bits per heavy atom. The lowest BCUT2D eigenvalue weighted by Gasteiger charge is -2.30. The Kier molecular flexibility index (Phi) is 6.64. The lowest BCUT2D eigenvalue weighted by Crippen LogP contribution is -2.46. The third-order valence-corrected chi connectivity index (χ3v) is 5.77. The quantitative estimate of drug-likeness (QED) is 0.430. The van der Waals surface area contributed by atoms with Crippen molar-refractivity contribution in [2.75, 3.05) is 37.9 Å². The molecule has 2 aliphatic heterocycles. The van der Waals surface area contributed by atoms with Crippen LogP contribution >= 0.6 is 12.2 Å². The second kappa shape index (κ2) is 9.58. The number of hydrogen-bond donors (Lipinski definition) is 1. The van der Waals surface area contributed by atoms with E-state index in [9.17, 15) is 14.9 Å². The van der Waals surface area contributed by atoms with E-state index >= 15 is 0 Å². The normalized spacial score (nSPS) is 20.6. The highest BCUT2D eigenvalue weighted by molar-refractivity contribution is 7.80. The first kappa shape index (κ1) is 21.5. The molecule has 1 aliphatic carbocycles. The molecule has 1 N–H and O–H groups in total. The molecule has 1 saturated carbocycles. The summed E-state index contributed by atoms with van der Waals surface area (Å²) >= 11 is 5.29. The maximum absolute atomic E-state index is 13.2. The van der Waals surface area contributed by atoms with Gasteiger partial charge in [-0.05, 0) is 44.0 Å². The number of nitrogens with zero attached hydrogens (tertiary/aromatic N) is 5. The molecular weight excluding hydrogens is 420 g/mol. The van der Waals surface area contributed by atoms with E-state index in [1.54, 1.807) is 11.0 Å². The molecule has 2 fully saturated rings. The van der Waals surface area contributed by atoms with Crippen molar-refractivity contribution in [2.45, 2.75) is 32.1 Å². The first-order valence-electron chi connectivity index (χ1n) is 10.4. The molecule has 4 rings (SSSR count). The fraction of sp³-hybridized carbons (Fsp3) is 0.500. The number of benzene rings is 1. The van der Waals surface area contributed by atoms with Crippen molar-refractivity contribution in [2.24, 2.45) is 10.1 Å². The lowest BCUT2D eigenvalue weighted by atomic mass is 9.99. The molecule has 0 spiro atoms. The Labute approximate surface area is 185 Å². The van der Waals surface area contributed by atoms with Gasteiger partial charge in [-0.15, -0.1) is 0 Å². The van der Waals surface area contributed by atoms with E-state index in [2.05, 4.69) is 20.4 Å². The van der Waals surface area contributed by atoms with Crippen molar-refractivity contribution >= 4 is 46.0 Å². The van der Waals surface area contributed by atoms with Crippen LogP contribution in [0.3, 0.4) is 0 Å². The lowest BCUT2D eigenvalue weighted by molar-refractivity contribution is -0.384. The molecule has 0 unspecified atom stereocenters. The molecule has 1 aromatic carbocycles. The molecule has 1 saturated heterocycles. The van der Waals surface area contributed by atoms with E-state index in [0.29, 0.717) is 44.2 Å². The van der Waals surface area contributed by atoms with Gasteiger partial charge in [0.2, 0.25) is 5.11 Å².